The Morgan fingerprint density at radius 1 is 0.437 bits per heavy atom. The van der Waals surface area contributed by atoms with Crippen molar-refractivity contribution in [1.82, 2.24) is 19.1 Å². The summed E-state index contributed by atoms with van der Waals surface area (Å²) in [5, 5.41) is 15.7. The summed E-state index contributed by atoms with van der Waals surface area (Å²) < 4.78 is 5.30. The van der Waals surface area contributed by atoms with E-state index < -0.39 is 0 Å². The largest absolute Gasteiger partial charge is 0.323 e. The van der Waals surface area contributed by atoms with Crippen molar-refractivity contribution in [3.05, 3.63) is 145 Å². The van der Waals surface area contributed by atoms with Crippen molar-refractivity contribution in [2.45, 2.75) is 124 Å². The van der Waals surface area contributed by atoms with Crippen LogP contribution in [0.1, 0.15) is 117 Å². The molecule has 12 aromatic rings. The van der Waals surface area contributed by atoms with Gasteiger partial charge in [-0.15, -0.1) is 0 Å². The van der Waals surface area contributed by atoms with Crippen LogP contribution in [0.25, 0.3) is 121 Å². The minimum Gasteiger partial charge on any atom is -0.323 e. The topological polar surface area (TPSA) is 35.6 Å². The Morgan fingerprint density at radius 3 is 1.18 bits per heavy atom. The van der Waals surface area contributed by atoms with Crippen LogP contribution in [-0.2, 0) is 18.5 Å². The average Bonchev–Trinajstić information content (AvgIpc) is 4.08. The molecule has 71 heavy (non-hydrogen) atoms. The van der Waals surface area contributed by atoms with Gasteiger partial charge in [-0.05, 0) is 115 Å². The number of fused-ring (bicyclic) bond motifs is 9. The summed E-state index contributed by atoms with van der Waals surface area (Å²) in [7, 11) is 0. The van der Waals surface area contributed by atoms with Crippen LogP contribution in [0.2, 0.25) is 0 Å². The maximum atomic E-state index is 5.81. The number of hydrogen-bond acceptors (Lipinski definition) is 2. The lowest BCUT2D eigenvalue weighted by molar-refractivity contribution is 0.397. The molecule has 0 aliphatic heterocycles. The Labute approximate surface area is 418 Å². The molecular formula is C67H66N4. The number of rotatable bonds is 16. The van der Waals surface area contributed by atoms with E-state index in [1.54, 1.807) is 0 Å². The lowest BCUT2D eigenvalue weighted by Gasteiger charge is -2.30. The fraction of sp³-hybridized carbons (Fsp3) is 0.313. The number of imidazole rings is 2. The number of aromatic nitrogens is 4. The first-order chi connectivity index (χ1) is 34.9. The van der Waals surface area contributed by atoms with Gasteiger partial charge in [0.1, 0.15) is 11.6 Å². The van der Waals surface area contributed by atoms with Gasteiger partial charge in [-0.2, -0.15) is 0 Å². The van der Waals surface area contributed by atoms with Crippen LogP contribution in [0.5, 0.6) is 0 Å². The van der Waals surface area contributed by atoms with Crippen LogP contribution in [0, 0.1) is 11.8 Å². The highest BCUT2D eigenvalue weighted by Gasteiger charge is 2.41. The van der Waals surface area contributed by atoms with Gasteiger partial charge in [0.05, 0.1) is 22.1 Å². The number of unbranched alkanes of at least 4 members (excludes halogenated alkanes) is 2. The summed E-state index contributed by atoms with van der Waals surface area (Å²) in [5.74, 6) is 3.32. The van der Waals surface area contributed by atoms with Crippen molar-refractivity contribution in [2.75, 3.05) is 0 Å². The fourth-order valence-electron chi connectivity index (χ4n) is 13.9. The van der Waals surface area contributed by atoms with E-state index in [4.69, 9.17) is 9.97 Å². The maximum absolute atomic E-state index is 5.81. The van der Waals surface area contributed by atoms with Crippen molar-refractivity contribution in [2.24, 2.45) is 11.8 Å². The smallest absolute Gasteiger partial charge is 0.141 e. The van der Waals surface area contributed by atoms with Crippen LogP contribution in [0.3, 0.4) is 0 Å². The molecule has 0 bridgehead atoms. The highest BCUT2D eigenvalue weighted by molar-refractivity contribution is 6.34. The van der Waals surface area contributed by atoms with Crippen molar-refractivity contribution in [3.63, 3.8) is 0 Å². The van der Waals surface area contributed by atoms with E-state index in [-0.39, 0.29) is 5.41 Å². The number of hydrogen-bond donors (Lipinski definition) is 0. The molecule has 2 aromatic heterocycles. The Hall–Kier alpha value is -6.78. The zero-order valence-electron chi connectivity index (χ0n) is 42.6. The van der Waals surface area contributed by atoms with Crippen LogP contribution in [-0.4, -0.2) is 19.1 Å². The summed E-state index contributed by atoms with van der Waals surface area (Å²) in [4.78, 5) is 11.6. The molecule has 0 radical (unpaired) electrons. The molecule has 1 aliphatic rings. The molecule has 10 aromatic carbocycles. The Morgan fingerprint density at radius 2 is 0.817 bits per heavy atom. The molecule has 0 amide bonds. The third-order valence-corrected chi connectivity index (χ3v) is 17.8. The molecular weight excluding hydrogens is 861 g/mol. The predicted octanol–water partition coefficient (Wildman–Crippen LogP) is 19.0. The molecule has 0 saturated heterocycles. The van der Waals surface area contributed by atoms with Gasteiger partial charge in [0, 0.05) is 51.2 Å². The summed E-state index contributed by atoms with van der Waals surface area (Å²) in [6.07, 6.45) is 11.7. The van der Waals surface area contributed by atoms with E-state index in [9.17, 15) is 0 Å². The van der Waals surface area contributed by atoms with Gasteiger partial charge in [0.2, 0.25) is 0 Å². The van der Waals surface area contributed by atoms with Crippen molar-refractivity contribution in [1.29, 1.82) is 0 Å². The van der Waals surface area contributed by atoms with E-state index >= 15 is 0 Å². The molecule has 2 unspecified atom stereocenters. The molecule has 2 atom stereocenters. The minimum absolute atomic E-state index is 0.161. The molecule has 0 saturated carbocycles. The average molecular weight is 927 g/mol. The highest BCUT2D eigenvalue weighted by atomic mass is 15.1. The second kappa shape index (κ2) is 17.2. The second-order valence-electron chi connectivity index (χ2n) is 21.4. The van der Waals surface area contributed by atoms with Crippen LogP contribution in [0.4, 0.5) is 0 Å². The van der Waals surface area contributed by atoms with Crippen molar-refractivity contribution >= 4 is 86.7 Å². The molecule has 13 rings (SSSR count). The lowest BCUT2D eigenvalue weighted by atomic mass is 9.73. The predicted molar refractivity (Wildman–Crippen MR) is 305 cm³/mol. The van der Waals surface area contributed by atoms with Crippen LogP contribution < -0.4 is 0 Å². The quantitative estimate of drug-likeness (QED) is 0.0905. The zero-order valence-corrected chi connectivity index (χ0v) is 42.6. The third-order valence-electron chi connectivity index (χ3n) is 17.8. The maximum Gasteiger partial charge on any atom is 0.141 e. The minimum atomic E-state index is -0.161. The molecule has 0 fully saturated rings. The van der Waals surface area contributed by atoms with Crippen molar-refractivity contribution < 1.29 is 0 Å². The van der Waals surface area contributed by atoms with E-state index in [0.717, 1.165) is 61.5 Å². The van der Waals surface area contributed by atoms with Crippen LogP contribution in [0.15, 0.2) is 133 Å². The number of benzene rings is 10. The van der Waals surface area contributed by atoms with Gasteiger partial charge in [0.15, 0.2) is 0 Å². The van der Waals surface area contributed by atoms with E-state index in [1.807, 2.05) is 0 Å². The first-order valence-electron chi connectivity index (χ1n) is 27.3. The highest BCUT2D eigenvalue weighted by Crippen LogP contribution is 2.55. The van der Waals surface area contributed by atoms with E-state index in [2.05, 4.69) is 184 Å². The molecule has 1 aliphatic carbocycles. The first kappa shape index (κ1) is 44.2. The number of nitrogens with zero attached hydrogens (tertiary/aromatic N) is 4. The van der Waals surface area contributed by atoms with E-state index in [1.165, 1.54) is 148 Å². The molecule has 2 heterocycles. The van der Waals surface area contributed by atoms with E-state index in [0.29, 0.717) is 11.8 Å². The SMILES string of the molecule is CCCCC(CC)Cn1c(-c2ccc3c(c2)C(CC)(CC)c2cc(-c4nc5c6cccc7ccc8cccc(c8c76)c5n4CC(CC)CCCC)ccc2-3)nc2c3cccc4ccc5cccc(c5c43)c21. The zero-order chi connectivity index (χ0) is 48.1. The summed E-state index contributed by atoms with van der Waals surface area (Å²) >= 11 is 0. The summed E-state index contributed by atoms with van der Waals surface area (Å²) in [6.45, 7) is 16.2. The first-order valence-corrected chi connectivity index (χ1v) is 27.3. The molecule has 354 valence electrons. The van der Waals surface area contributed by atoms with Crippen LogP contribution >= 0.6 is 0 Å². The monoisotopic (exact) mass is 927 g/mol. The van der Waals surface area contributed by atoms with Gasteiger partial charge in [0.25, 0.3) is 0 Å². The van der Waals surface area contributed by atoms with Gasteiger partial charge in [-0.3, -0.25) is 0 Å². The fourth-order valence-corrected chi connectivity index (χ4v) is 13.9. The van der Waals surface area contributed by atoms with Gasteiger partial charge < -0.3 is 9.13 Å². The van der Waals surface area contributed by atoms with Gasteiger partial charge in [-0.1, -0.05) is 201 Å². The second-order valence-corrected chi connectivity index (χ2v) is 21.4. The molecule has 4 heteroatoms. The normalized spacial score (nSPS) is 14.5. The molecule has 4 nitrogen and oxygen atoms in total. The Bertz CT molecular complexity index is 3730. The van der Waals surface area contributed by atoms with Gasteiger partial charge >= 0.3 is 0 Å². The third kappa shape index (κ3) is 6.48. The molecule has 0 N–H and O–H groups in total. The summed E-state index contributed by atoms with van der Waals surface area (Å²) in [6, 6.07) is 51.4. The van der Waals surface area contributed by atoms with Gasteiger partial charge in [-0.25, -0.2) is 9.97 Å². The standard InChI is InChI=1S/C67H66N4/c1-7-13-19-41(9-3)39-70-63-53-27-17-23-45-31-29-43-21-15-25-51(57(43)59(45)53)61(63)68-65(70)47-33-35-49-50-36-34-48(38-56(50)67(11-5,12-6)55(49)37-47)66-69-62-52-26-16-22-44-30-32-46-24-18-28-54(60(46)58(44)52)64(62)71(66)40-42(10-4)20-14-8-2/h15-18,21-38,41-42H,7-14,19-20,39-40H2,1-6H3. The lowest BCUT2D eigenvalue weighted by Crippen LogP contribution is -2.23. The van der Waals surface area contributed by atoms with Crippen molar-refractivity contribution in [3.8, 4) is 33.9 Å². The Balaban J connectivity index is 1.01. The Kier molecular flexibility index (Phi) is 10.7. The molecule has 0 spiro atoms. The summed E-state index contributed by atoms with van der Waals surface area (Å²) in [5.41, 5.74) is 12.7.